The first-order chi connectivity index (χ1) is 26.6. The molecule has 0 unspecified atom stereocenters. The predicted molar refractivity (Wildman–Crippen MR) is 230 cm³/mol. The van der Waals surface area contributed by atoms with Crippen molar-refractivity contribution in [3.63, 3.8) is 0 Å². The number of benzene rings is 6. The van der Waals surface area contributed by atoms with Gasteiger partial charge < -0.3 is 0 Å². The van der Waals surface area contributed by atoms with E-state index >= 15 is 0 Å². The average Bonchev–Trinajstić information content (AvgIpc) is 3.21. The van der Waals surface area contributed by atoms with Gasteiger partial charge in [-0.2, -0.15) is 0 Å². The van der Waals surface area contributed by atoms with Gasteiger partial charge in [-0.05, 0) is 103 Å². The van der Waals surface area contributed by atoms with Crippen LogP contribution >= 0.6 is 0 Å². The van der Waals surface area contributed by atoms with Crippen molar-refractivity contribution in [2.75, 3.05) is 0 Å². The van der Waals surface area contributed by atoms with Crippen LogP contribution in [0.1, 0.15) is 74.9 Å². The first kappa shape index (κ1) is 43.5. The van der Waals surface area contributed by atoms with Gasteiger partial charge in [-0.25, -0.2) is 0 Å². The fraction of sp³-hybridized carbons (Fsp3) is 0.250. The van der Waals surface area contributed by atoms with Gasteiger partial charge in [0.1, 0.15) is 0 Å². The Hall–Kier alpha value is -4.19. The second-order valence-corrected chi connectivity index (χ2v) is 19.4. The fourth-order valence-corrected chi connectivity index (χ4v) is 14.1. The van der Waals surface area contributed by atoms with Crippen molar-refractivity contribution < 1.29 is 29.5 Å². The molecular weight excluding hydrogens is 749 g/mol. The molecule has 0 saturated heterocycles. The summed E-state index contributed by atoms with van der Waals surface area (Å²) in [5.74, 6) is 0. The Bertz CT molecular complexity index is 1840. The summed E-state index contributed by atoms with van der Waals surface area (Å²) < 4.78 is 31.9. The third-order valence-corrected chi connectivity index (χ3v) is 16.2. The first-order valence-electron chi connectivity index (χ1n) is 19.5. The van der Waals surface area contributed by atoms with Gasteiger partial charge in [-0.15, -0.1) is 0 Å². The fourth-order valence-electron chi connectivity index (χ4n) is 7.31. The topological polar surface area (TPSA) is 74.6 Å². The molecule has 0 aromatic heterocycles. The minimum atomic E-state index is -5.25. The van der Waals surface area contributed by atoms with Gasteiger partial charge in [-0.3, -0.25) is 0 Å². The van der Waals surface area contributed by atoms with Gasteiger partial charge >= 0.3 is 29.5 Å². The molecule has 0 amide bonds. The summed E-state index contributed by atoms with van der Waals surface area (Å²) >= 11 is -5.25. The maximum absolute atomic E-state index is 8.82. The normalized spacial score (nSPS) is 11.1. The second kappa shape index (κ2) is 21.8. The number of aryl methyl sites for hydroxylation is 6. The van der Waals surface area contributed by atoms with Crippen LogP contribution in [-0.4, -0.2) is 25.9 Å². The summed E-state index contributed by atoms with van der Waals surface area (Å²) in [6.45, 7) is 13.6. The average molecular weight is 805 g/mol. The van der Waals surface area contributed by atoms with Crippen LogP contribution in [0.5, 0.6) is 0 Å². The Morgan fingerprint density at radius 2 is 0.455 bits per heavy atom. The van der Waals surface area contributed by atoms with E-state index in [-0.39, 0.29) is 0 Å². The molecule has 0 spiro atoms. The van der Waals surface area contributed by atoms with Gasteiger partial charge in [0.2, 0.25) is 0 Å². The van der Waals surface area contributed by atoms with Crippen LogP contribution in [0.4, 0.5) is 0 Å². The van der Waals surface area contributed by atoms with Crippen molar-refractivity contribution in [1.29, 1.82) is 0 Å². The van der Waals surface area contributed by atoms with Gasteiger partial charge in [0.15, 0.2) is 17.6 Å². The Morgan fingerprint density at radius 3 is 0.582 bits per heavy atom. The van der Waals surface area contributed by atoms with E-state index in [9.17, 15) is 0 Å². The van der Waals surface area contributed by atoms with Gasteiger partial charge in [-0.1, -0.05) is 187 Å². The molecule has 286 valence electrons. The van der Waals surface area contributed by atoms with Crippen LogP contribution in [0.2, 0.25) is 0 Å². The van der Waals surface area contributed by atoms with E-state index in [0.29, 0.717) is 0 Å². The van der Waals surface area contributed by atoms with Crippen LogP contribution < -0.4 is 31.1 Å². The summed E-state index contributed by atoms with van der Waals surface area (Å²) in [6, 6.07) is 54.4. The van der Waals surface area contributed by atoms with Crippen LogP contribution in [0.3, 0.4) is 0 Å². The number of hydrogen-bond donors (Lipinski definition) is 2. The van der Waals surface area contributed by atoms with E-state index in [2.05, 4.69) is 187 Å². The van der Waals surface area contributed by atoms with Crippen LogP contribution in [-0.2, 0) is 59.7 Å². The zero-order valence-corrected chi connectivity index (χ0v) is 36.5. The molecule has 4 nitrogen and oxygen atoms in total. The van der Waals surface area contributed by atoms with Crippen molar-refractivity contribution in [2.45, 2.75) is 80.1 Å². The molecule has 0 aliphatic heterocycles. The van der Waals surface area contributed by atoms with Crippen molar-refractivity contribution >= 4 is 48.7 Å². The molecule has 0 aliphatic rings. The molecule has 6 aromatic rings. The Balaban J connectivity index is 0.000000218. The zero-order valence-electron chi connectivity index (χ0n) is 33.2. The monoisotopic (exact) mass is 804 g/mol. The summed E-state index contributed by atoms with van der Waals surface area (Å²) in [5, 5.41) is 9.32. The maximum atomic E-state index is 8.82. The SMILES string of the molecule is CCc1ccccc1[Si](c1ccccc1CC)c1ccccc1CC.CCc1ccccc1[Si](c1ccccc1CC)c1ccccc1CC.[O]=[Cr](=[O])([OH])[OH]. The minimum absolute atomic E-state index is 1.00. The summed E-state index contributed by atoms with van der Waals surface area (Å²) in [4.78, 5) is 0. The zero-order chi connectivity index (χ0) is 39.8. The molecule has 0 heterocycles. The first-order valence-corrected chi connectivity index (χ1v) is 24.7. The molecule has 7 heteroatoms. The molecule has 55 heavy (non-hydrogen) atoms. The number of rotatable bonds is 12. The van der Waals surface area contributed by atoms with Crippen molar-refractivity contribution in [3.8, 4) is 0 Å². The van der Waals surface area contributed by atoms with Crippen LogP contribution in [0.15, 0.2) is 146 Å². The van der Waals surface area contributed by atoms with E-state index in [1.165, 1.54) is 33.4 Å². The third kappa shape index (κ3) is 11.9. The summed E-state index contributed by atoms with van der Waals surface area (Å²) in [7, 11) is -2.01. The summed E-state index contributed by atoms with van der Waals surface area (Å²) in [5.41, 5.74) is 8.96. The molecule has 0 aliphatic carbocycles. The molecule has 0 fully saturated rings. The van der Waals surface area contributed by atoms with Crippen LogP contribution in [0.25, 0.3) is 0 Å². The van der Waals surface area contributed by atoms with E-state index in [1.807, 2.05) is 0 Å². The molecule has 2 radical (unpaired) electrons. The van der Waals surface area contributed by atoms with Crippen molar-refractivity contribution in [3.05, 3.63) is 179 Å². The molecule has 2 N–H and O–H groups in total. The van der Waals surface area contributed by atoms with Gasteiger partial charge in [0, 0.05) is 0 Å². The van der Waals surface area contributed by atoms with E-state index in [0.717, 1.165) is 38.5 Å². The molecular formula is C48H56CrO4Si2. The van der Waals surface area contributed by atoms with Crippen LogP contribution in [0, 0.1) is 0 Å². The second-order valence-electron chi connectivity index (χ2n) is 13.3. The Kier molecular flexibility index (Phi) is 17.2. The molecule has 6 aromatic carbocycles. The van der Waals surface area contributed by atoms with E-state index < -0.39 is 31.2 Å². The van der Waals surface area contributed by atoms with Gasteiger partial charge in [0.25, 0.3) is 0 Å². The molecule has 6 rings (SSSR count). The molecule has 0 bridgehead atoms. The summed E-state index contributed by atoms with van der Waals surface area (Å²) in [6.07, 6.45) is 6.54. The quantitative estimate of drug-likeness (QED) is 0.111. The van der Waals surface area contributed by atoms with Crippen molar-refractivity contribution in [1.82, 2.24) is 0 Å². The van der Waals surface area contributed by atoms with E-state index in [1.54, 1.807) is 31.1 Å². The molecule has 0 atom stereocenters. The van der Waals surface area contributed by atoms with Crippen molar-refractivity contribution in [2.24, 2.45) is 0 Å². The van der Waals surface area contributed by atoms with Gasteiger partial charge in [0.05, 0.1) is 0 Å². The standard InChI is InChI=1S/2C24H27Si.Cr.2H2O.2O/c2*1-4-19-13-7-10-16-22(19)25(23-17-11-8-14-20(23)5-2)24-18-12-9-15-21(24)6-3;;;;;/h2*7-18H,4-6H2,1-3H3;;2*1H2;;/q;;+2;;;;/p-2. The third-order valence-electron chi connectivity index (χ3n) is 10.0. The number of hydrogen-bond acceptors (Lipinski definition) is 2. The van der Waals surface area contributed by atoms with E-state index in [4.69, 9.17) is 15.9 Å². The Labute approximate surface area is 335 Å². The Morgan fingerprint density at radius 1 is 0.327 bits per heavy atom. The molecule has 0 saturated carbocycles. The predicted octanol–water partition coefficient (Wildman–Crippen LogP) is 6.43.